The van der Waals surface area contributed by atoms with E-state index in [2.05, 4.69) is 205 Å². The summed E-state index contributed by atoms with van der Waals surface area (Å²) in [5.74, 6) is 0. The van der Waals surface area contributed by atoms with Crippen LogP contribution in [0.5, 0.6) is 0 Å². The van der Waals surface area contributed by atoms with Crippen molar-refractivity contribution in [3.63, 3.8) is 0 Å². The van der Waals surface area contributed by atoms with Gasteiger partial charge in [-0.05, 0) is 102 Å². The lowest BCUT2D eigenvalue weighted by Crippen LogP contribution is -2.10. The number of fused-ring (bicyclic) bond motifs is 6. The van der Waals surface area contributed by atoms with E-state index in [-0.39, 0.29) is 0 Å². The van der Waals surface area contributed by atoms with Crippen LogP contribution in [0, 0.1) is 0 Å². The molecule has 0 saturated carbocycles. The predicted molar refractivity (Wildman–Crippen MR) is 210 cm³/mol. The van der Waals surface area contributed by atoms with E-state index < -0.39 is 0 Å². The van der Waals surface area contributed by atoms with Crippen LogP contribution in [-0.2, 0) is 0 Å². The molecule has 1 heteroatoms. The summed E-state index contributed by atoms with van der Waals surface area (Å²) in [4.78, 5) is 2.39. The van der Waals surface area contributed by atoms with E-state index in [1.165, 1.54) is 65.7 Å². The molecular formula is C48H33N. The van der Waals surface area contributed by atoms with Crippen molar-refractivity contribution < 1.29 is 0 Å². The fourth-order valence-electron chi connectivity index (χ4n) is 7.23. The number of hydrogen-bond donors (Lipinski definition) is 0. The predicted octanol–water partition coefficient (Wildman–Crippen LogP) is 13.6. The second kappa shape index (κ2) is 12.3. The van der Waals surface area contributed by atoms with Crippen molar-refractivity contribution in [1.82, 2.24) is 0 Å². The molecule has 0 amide bonds. The Hall–Kier alpha value is -6.44. The maximum Gasteiger partial charge on any atom is 0.0468 e. The zero-order valence-electron chi connectivity index (χ0n) is 27.0. The normalized spacial score (nSPS) is 11.3. The number of nitrogens with zero attached hydrogens (tertiary/aromatic N) is 1. The molecule has 230 valence electrons. The highest BCUT2D eigenvalue weighted by atomic mass is 15.1. The second-order valence-electron chi connectivity index (χ2n) is 12.6. The first-order chi connectivity index (χ1) is 24.3. The third kappa shape index (κ3) is 5.32. The van der Waals surface area contributed by atoms with Gasteiger partial charge in [0, 0.05) is 17.1 Å². The summed E-state index contributed by atoms with van der Waals surface area (Å²) in [6, 6.07) is 72.4. The van der Waals surface area contributed by atoms with Gasteiger partial charge in [0.25, 0.3) is 0 Å². The minimum atomic E-state index is 1.11. The van der Waals surface area contributed by atoms with E-state index in [4.69, 9.17) is 0 Å². The Labute approximate surface area is 287 Å². The van der Waals surface area contributed by atoms with Gasteiger partial charge in [-0.25, -0.2) is 0 Å². The van der Waals surface area contributed by atoms with Crippen LogP contribution in [0.4, 0.5) is 17.1 Å². The van der Waals surface area contributed by atoms with Crippen molar-refractivity contribution in [3.05, 3.63) is 200 Å². The summed E-state index contributed by atoms with van der Waals surface area (Å²) in [6.07, 6.45) is 0. The average Bonchev–Trinajstić information content (AvgIpc) is 3.19. The summed E-state index contributed by atoms with van der Waals surface area (Å²) in [5.41, 5.74) is 10.6. The zero-order valence-corrected chi connectivity index (χ0v) is 27.0. The van der Waals surface area contributed by atoms with Crippen LogP contribution in [0.2, 0.25) is 0 Å². The molecule has 1 nitrogen and oxygen atoms in total. The van der Waals surface area contributed by atoms with Crippen LogP contribution in [0.3, 0.4) is 0 Å². The van der Waals surface area contributed by atoms with E-state index in [1.807, 2.05) is 0 Å². The van der Waals surface area contributed by atoms with Gasteiger partial charge in [-0.2, -0.15) is 0 Å². The van der Waals surface area contributed by atoms with Gasteiger partial charge in [0.1, 0.15) is 0 Å². The summed E-state index contributed by atoms with van der Waals surface area (Å²) in [6.45, 7) is 0. The van der Waals surface area contributed by atoms with Crippen LogP contribution >= 0.6 is 0 Å². The molecule has 0 saturated heterocycles. The SMILES string of the molecule is c1ccc(-c2ccc(-c3cccc(N(c4ccc(-c5ccccc5)cc4)c4ccc5c6ccccc6c6ccccc6c5c4)c3)cc2)cc1. The molecule has 49 heavy (non-hydrogen) atoms. The van der Waals surface area contributed by atoms with Crippen molar-refractivity contribution in [2.45, 2.75) is 0 Å². The fourth-order valence-corrected chi connectivity index (χ4v) is 7.23. The molecular weight excluding hydrogens is 591 g/mol. The molecule has 0 fully saturated rings. The van der Waals surface area contributed by atoms with Gasteiger partial charge >= 0.3 is 0 Å². The third-order valence-corrected chi connectivity index (χ3v) is 9.65. The first kappa shape index (κ1) is 28.8. The quantitative estimate of drug-likeness (QED) is 0.167. The molecule has 0 aliphatic rings. The summed E-state index contributed by atoms with van der Waals surface area (Å²) < 4.78 is 0. The molecule has 0 spiro atoms. The highest BCUT2D eigenvalue weighted by molar-refractivity contribution is 6.25. The molecule has 9 rings (SSSR count). The molecule has 0 aliphatic heterocycles. The van der Waals surface area contributed by atoms with Crippen molar-refractivity contribution >= 4 is 49.4 Å². The van der Waals surface area contributed by atoms with E-state index >= 15 is 0 Å². The van der Waals surface area contributed by atoms with E-state index in [1.54, 1.807) is 0 Å². The van der Waals surface area contributed by atoms with Crippen LogP contribution < -0.4 is 4.90 Å². The zero-order chi connectivity index (χ0) is 32.6. The molecule has 0 unspecified atom stereocenters. The highest BCUT2D eigenvalue weighted by Gasteiger charge is 2.17. The van der Waals surface area contributed by atoms with Crippen molar-refractivity contribution in [2.75, 3.05) is 4.90 Å². The Kier molecular flexibility index (Phi) is 7.22. The second-order valence-corrected chi connectivity index (χ2v) is 12.6. The first-order valence-corrected chi connectivity index (χ1v) is 16.8. The molecule has 0 aromatic heterocycles. The van der Waals surface area contributed by atoms with Gasteiger partial charge < -0.3 is 4.90 Å². The van der Waals surface area contributed by atoms with Gasteiger partial charge in [0.05, 0.1) is 0 Å². The number of benzene rings is 9. The van der Waals surface area contributed by atoms with Crippen LogP contribution in [-0.4, -0.2) is 0 Å². The number of anilines is 3. The number of rotatable bonds is 6. The lowest BCUT2D eigenvalue weighted by Gasteiger charge is -2.27. The lowest BCUT2D eigenvalue weighted by molar-refractivity contribution is 1.29. The maximum absolute atomic E-state index is 2.39. The Bertz CT molecular complexity index is 2530. The van der Waals surface area contributed by atoms with Crippen LogP contribution in [0.1, 0.15) is 0 Å². The van der Waals surface area contributed by atoms with Crippen molar-refractivity contribution in [1.29, 1.82) is 0 Å². The Morgan fingerprint density at radius 3 is 1.12 bits per heavy atom. The summed E-state index contributed by atoms with van der Waals surface area (Å²) in [5, 5.41) is 7.64. The topological polar surface area (TPSA) is 3.24 Å². The Morgan fingerprint density at radius 2 is 0.571 bits per heavy atom. The van der Waals surface area contributed by atoms with Gasteiger partial charge in [0.15, 0.2) is 0 Å². The van der Waals surface area contributed by atoms with E-state index in [9.17, 15) is 0 Å². The van der Waals surface area contributed by atoms with Crippen molar-refractivity contribution in [2.24, 2.45) is 0 Å². The average molecular weight is 624 g/mol. The van der Waals surface area contributed by atoms with Crippen LogP contribution in [0.25, 0.3) is 65.7 Å². The van der Waals surface area contributed by atoms with Crippen LogP contribution in [0.15, 0.2) is 200 Å². The van der Waals surface area contributed by atoms with E-state index in [0.717, 1.165) is 17.1 Å². The number of hydrogen-bond acceptors (Lipinski definition) is 1. The molecule has 0 radical (unpaired) electrons. The van der Waals surface area contributed by atoms with Gasteiger partial charge in [0.2, 0.25) is 0 Å². The Morgan fingerprint density at radius 1 is 0.204 bits per heavy atom. The fraction of sp³-hybridized carbons (Fsp3) is 0. The van der Waals surface area contributed by atoms with E-state index in [0.29, 0.717) is 0 Å². The van der Waals surface area contributed by atoms with Gasteiger partial charge in [-0.1, -0.05) is 164 Å². The summed E-state index contributed by atoms with van der Waals surface area (Å²) in [7, 11) is 0. The third-order valence-electron chi connectivity index (χ3n) is 9.65. The molecule has 0 N–H and O–H groups in total. The van der Waals surface area contributed by atoms with Crippen molar-refractivity contribution in [3.8, 4) is 33.4 Å². The van der Waals surface area contributed by atoms with Gasteiger partial charge in [-0.3, -0.25) is 0 Å². The Balaban J connectivity index is 1.20. The minimum Gasteiger partial charge on any atom is -0.310 e. The molecule has 0 heterocycles. The molecule has 0 aliphatic carbocycles. The summed E-state index contributed by atoms with van der Waals surface area (Å²) >= 11 is 0. The minimum absolute atomic E-state index is 1.11. The standard InChI is InChI=1S/C48H33N/c1-3-12-34(13-4-1)36-22-24-38(25-23-36)39-16-11-17-41(32-39)49(40-28-26-37(27-29-40)35-14-5-2-6-15-35)42-30-31-47-45-20-8-7-18-43(45)44-19-9-10-21-46(44)48(47)33-42/h1-33H. The van der Waals surface area contributed by atoms with Gasteiger partial charge in [-0.15, -0.1) is 0 Å². The lowest BCUT2D eigenvalue weighted by atomic mass is 9.94. The molecule has 9 aromatic carbocycles. The molecule has 9 aromatic rings. The molecule has 0 bridgehead atoms. The largest absolute Gasteiger partial charge is 0.310 e. The maximum atomic E-state index is 2.39. The smallest absolute Gasteiger partial charge is 0.0468 e. The molecule has 0 atom stereocenters. The first-order valence-electron chi connectivity index (χ1n) is 16.8. The highest BCUT2D eigenvalue weighted by Crippen LogP contribution is 2.42. The monoisotopic (exact) mass is 623 g/mol.